The number of rotatable bonds is 6. The minimum Gasteiger partial charge on any atom is -0.385 e. The van der Waals surface area contributed by atoms with Gasteiger partial charge in [0.2, 0.25) is 0 Å². The quantitative estimate of drug-likeness (QED) is 0.314. The van der Waals surface area contributed by atoms with Crippen LogP contribution in [0.3, 0.4) is 0 Å². The number of aliphatic imine (C=N–C) groups is 2. The first-order valence-corrected chi connectivity index (χ1v) is 14.1. The van der Waals surface area contributed by atoms with Crippen molar-refractivity contribution < 1.29 is 33.8 Å². The van der Waals surface area contributed by atoms with Gasteiger partial charge in [0.1, 0.15) is 11.9 Å². The number of nitrogens with zero attached hydrogens (tertiary/aromatic N) is 2. The molecule has 0 fully saturated rings. The molecule has 2 aliphatic heterocycles. The molecule has 7 N–H and O–H groups in total. The molecule has 12 heteroatoms. The molecule has 0 aromatic heterocycles. The second-order valence-electron chi connectivity index (χ2n) is 8.95. The SMILES string of the molecule is Cc1ccc2c(c1)N=C(N)C1N=CC(CCc3ccc(C(O)(P(=O)(O)O)P(=O)(O)O)cc3C)=CC21. The molecule has 0 saturated heterocycles. The fourth-order valence-corrected chi connectivity index (χ4v) is 6.82. The number of aliphatic hydroxyl groups is 1. The fraction of sp³-hybridized carbons (Fsp3) is 0.304. The monoisotopic (exact) mass is 519 g/mol. The second-order valence-corrected chi connectivity index (χ2v) is 12.8. The van der Waals surface area contributed by atoms with E-state index in [2.05, 4.69) is 16.1 Å². The van der Waals surface area contributed by atoms with Gasteiger partial charge in [0.25, 0.3) is 5.08 Å². The average Bonchev–Trinajstić information content (AvgIpc) is 2.75. The van der Waals surface area contributed by atoms with Crippen LogP contribution >= 0.6 is 15.2 Å². The molecular formula is C23H27N3O7P2. The molecule has 35 heavy (non-hydrogen) atoms. The Balaban J connectivity index is 1.57. The molecule has 2 aliphatic rings. The summed E-state index contributed by atoms with van der Waals surface area (Å²) in [5, 5.41) is 6.75. The molecule has 0 aliphatic carbocycles. The summed E-state index contributed by atoms with van der Waals surface area (Å²) in [7, 11) is -11.2. The molecule has 0 amide bonds. The van der Waals surface area contributed by atoms with Gasteiger partial charge in [-0.1, -0.05) is 36.4 Å². The van der Waals surface area contributed by atoms with Crippen LogP contribution < -0.4 is 5.73 Å². The molecule has 2 aromatic carbocycles. The number of benzene rings is 2. The number of dihydropyridines is 1. The van der Waals surface area contributed by atoms with Gasteiger partial charge in [-0.05, 0) is 60.6 Å². The highest BCUT2D eigenvalue weighted by Gasteiger charge is 2.60. The Labute approximate surface area is 202 Å². The van der Waals surface area contributed by atoms with Crippen LogP contribution in [0.5, 0.6) is 0 Å². The molecule has 10 nitrogen and oxygen atoms in total. The third-order valence-electron chi connectivity index (χ3n) is 6.46. The largest absolute Gasteiger partial charge is 0.385 e. The average molecular weight is 519 g/mol. The lowest BCUT2D eigenvalue weighted by Gasteiger charge is -2.30. The maximum absolute atomic E-state index is 11.8. The van der Waals surface area contributed by atoms with Crippen molar-refractivity contribution in [1.82, 2.24) is 0 Å². The van der Waals surface area contributed by atoms with Gasteiger partial charge in [-0.2, -0.15) is 0 Å². The second kappa shape index (κ2) is 8.91. The Morgan fingerprint density at radius 1 is 1.00 bits per heavy atom. The summed E-state index contributed by atoms with van der Waals surface area (Å²) in [5.74, 6) is 0.432. The van der Waals surface area contributed by atoms with E-state index >= 15 is 0 Å². The molecule has 186 valence electrons. The molecule has 0 bridgehead atoms. The summed E-state index contributed by atoms with van der Waals surface area (Å²) in [6, 6.07) is 9.65. The van der Waals surface area contributed by atoms with Crippen molar-refractivity contribution >= 4 is 32.9 Å². The number of nitrogens with two attached hydrogens (primary N) is 1. The minimum absolute atomic E-state index is 0.0342. The standard InChI is InChI=1S/C23H27N3O7P2/c1-13-3-8-18-19-11-15(12-25-21(19)22(24)26-20(18)9-13)4-5-16-6-7-17(10-14(16)2)23(27,34(28,29)30)35(31,32)33/h3,6-12,19,21,27H,4-5H2,1-2H3,(H2,24,26)(H2,28,29,30)(H2,31,32,33). The smallest absolute Gasteiger partial charge is 0.374 e. The number of allylic oxidation sites excluding steroid dienone is 1. The number of aryl methyl sites for hydroxylation is 3. The minimum atomic E-state index is -5.61. The van der Waals surface area contributed by atoms with Crippen LogP contribution in [0.15, 0.2) is 58.0 Å². The third kappa shape index (κ3) is 4.59. The van der Waals surface area contributed by atoms with Crippen LogP contribution in [0.2, 0.25) is 0 Å². The Morgan fingerprint density at radius 2 is 1.69 bits per heavy atom. The van der Waals surface area contributed by atoms with Crippen molar-refractivity contribution in [3.63, 3.8) is 0 Å². The van der Waals surface area contributed by atoms with Crippen LogP contribution in [0.25, 0.3) is 0 Å². The van der Waals surface area contributed by atoms with Crippen LogP contribution in [0.4, 0.5) is 5.69 Å². The van der Waals surface area contributed by atoms with Gasteiger partial charge >= 0.3 is 15.2 Å². The molecule has 2 atom stereocenters. The van der Waals surface area contributed by atoms with E-state index in [4.69, 9.17) is 5.73 Å². The molecule has 2 aromatic rings. The van der Waals surface area contributed by atoms with Gasteiger partial charge in [-0.25, -0.2) is 4.99 Å². The Hall–Kier alpha value is -2.42. The van der Waals surface area contributed by atoms with Gasteiger partial charge in [0.15, 0.2) is 0 Å². The van der Waals surface area contributed by atoms with Crippen LogP contribution in [-0.2, 0) is 20.6 Å². The predicted octanol–water partition coefficient (Wildman–Crippen LogP) is 2.86. The van der Waals surface area contributed by atoms with Crippen LogP contribution in [0, 0.1) is 13.8 Å². The zero-order valence-electron chi connectivity index (χ0n) is 19.1. The van der Waals surface area contributed by atoms with Crippen molar-refractivity contribution in [1.29, 1.82) is 0 Å². The van der Waals surface area contributed by atoms with E-state index in [1.54, 1.807) is 13.1 Å². The zero-order valence-corrected chi connectivity index (χ0v) is 20.9. The summed E-state index contributed by atoms with van der Waals surface area (Å²) in [5.41, 5.74) is 10.9. The highest BCUT2D eigenvalue weighted by molar-refractivity contribution is 7.71. The molecular weight excluding hydrogens is 492 g/mol. The van der Waals surface area contributed by atoms with E-state index in [-0.39, 0.29) is 12.0 Å². The van der Waals surface area contributed by atoms with Crippen molar-refractivity contribution in [2.24, 2.45) is 15.7 Å². The van der Waals surface area contributed by atoms with Crippen molar-refractivity contribution in [3.8, 4) is 0 Å². The summed E-state index contributed by atoms with van der Waals surface area (Å²) in [4.78, 5) is 47.1. The Kier molecular flexibility index (Phi) is 6.53. The molecule has 0 radical (unpaired) electrons. The topological polar surface area (TPSA) is 186 Å². The third-order valence-corrected chi connectivity index (χ3v) is 10.2. The number of fused-ring (bicyclic) bond motifs is 3. The van der Waals surface area contributed by atoms with Crippen molar-refractivity contribution in [3.05, 3.63) is 75.9 Å². The van der Waals surface area contributed by atoms with Crippen LogP contribution in [0.1, 0.15) is 40.2 Å². The van der Waals surface area contributed by atoms with Gasteiger partial charge < -0.3 is 30.4 Å². The highest BCUT2D eigenvalue weighted by Crippen LogP contribution is 2.72. The van der Waals surface area contributed by atoms with Crippen LogP contribution in [-0.4, -0.2) is 42.8 Å². The van der Waals surface area contributed by atoms with Gasteiger partial charge in [0, 0.05) is 17.7 Å². The lowest BCUT2D eigenvalue weighted by atomic mass is 9.83. The lowest BCUT2D eigenvalue weighted by molar-refractivity contribution is 0.131. The van der Waals surface area contributed by atoms with E-state index in [1.165, 1.54) is 12.1 Å². The maximum Gasteiger partial charge on any atom is 0.374 e. The van der Waals surface area contributed by atoms with Gasteiger partial charge in [-0.15, -0.1) is 0 Å². The maximum atomic E-state index is 11.8. The number of amidine groups is 1. The van der Waals surface area contributed by atoms with E-state index in [0.717, 1.165) is 34.0 Å². The molecule has 0 spiro atoms. The van der Waals surface area contributed by atoms with E-state index in [0.29, 0.717) is 24.2 Å². The van der Waals surface area contributed by atoms with Crippen molar-refractivity contribution in [2.45, 2.75) is 43.7 Å². The van der Waals surface area contributed by atoms with Gasteiger partial charge in [-0.3, -0.25) is 14.1 Å². The Morgan fingerprint density at radius 3 is 2.31 bits per heavy atom. The lowest BCUT2D eigenvalue weighted by Crippen LogP contribution is -2.36. The van der Waals surface area contributed by atoms with E-state index < -0.39 is 25.8 Å². The number of hydrogen-bond donors (Lipinski definition) is 6. The molecule has 2 heterocycles. The van der Waals surface area contributed by atoms with E-state index in [9.17, 15) is 33.8 Å². The normalized spacial score (nSPS) is 20.1. The van der Waals surface area contributed by atoms with Gasteiger partial charge in [0.05, 0.1) is 5.69 Å². The zero-order chi connectivity index (χ0) is 25.8. The summed E-state index contributed by atoms with van der Waals surface area (Å²) in [6.45, 7) is 3.64. The summed E-state index contributed by atoms with van der Waals surface area (Å²) in [6.07, 6.45) is 5.03. The summed E-state index contributed by atoms with van der Waals surface area (Å²) < 4.78 is 23.6. The first-order valence-electron chi connectivity index (χ1n) is 10.8. The van der Waals surface area contributed by atoms with Crippen molar-refractivity contribution in [2.75, 3.05) is 0 Å². The molecule has 0 saturated carbocycles. The van der Waals surface area contributed by atoms with E-state index in [1.807, 2.05) is 25.1 Å². The number of hydrogen-bond acceptors (Lipinski definition) is 6. The summed E-state index contributed by atoms with van der Waals surface area (Å²) >= 11 is 0. The fourth-order valence-electron chi connectivity index (χ4n) is 4.51. The predicted molar refractivity (Wildman–Crippen MR) is 133 cm³/mol. The highest BCUT2D eigenvalue weighted by atomic mass is 31.2. The molecule has 4 rings (SSSR count). The first-order chi connectivity index (χ1) is 16.2. The molecule has 2 unspecified atom stereocenters. The first kappa shape index (κ1) is 25.7. The Bertz CT molecular complexity index is 1350.